The average molecular weight is 522 g/mol. The molecular formula is C19H31IN4O3S. The molecule has 2 N–H and O–H groups in total. The normalized spacial score (nSPS) is 15.4. The van der Waals surface area contributed by atoms with Crippen molar-refractivity contribution in [2.45, 2.75) is 44.9 Å². The van der Waals surface area contributed by atoms with Gasteiger partial charge in [-0.2, -0.15) is 0 Å². The molecule has 0 aromatic heterocycles. The second-order valence-electron chi connectivity index (χ2n) is 7.60. The first kappa shape index (κ1) is 24.7. The van der Waals surface area contributed by atoms with Crippen molar-refractivity contribution in [1.29, 1.82) is 0 Å². The first-order valence-electron chi connectivity index (χ1n) is 9.20. The fourth-order valence-corrected chi connectivity index (χ4v) is 3.71. The standard InChI is InChI=1S/C19H30N4O3S.HI/c1-19(2,3)27(25,26)13-11-21-18(20-4)22-14-15-7-9-16(10-8-15)23-12-5-6-17(23)24;/h7-10H,5-6,11-14H2,1-4H3,(H2,20,21,22);1H. The van der Waals surface area contributed by atoms with Crippen LogP contribution in [0.3, 0.4) is 0 Å². The fraction of sp³-hybridized carbons (Fsp3) is 0.579. The average Bonchev–Trinajstić information content (AvgIpc) is 3.03. The molecule has 9 heteroatoms. The summed E-state index contributed by atoms with van der Waals surface area (Å²) < 4.78 is 23.5. The molecule has 0 radical (unpaired) electrons. The Morgan fingerprint density at radius 3 is 2.32 bits per heavy atom. The third kappa shape index (κ3) is 6.61. The third-order valence-corrected chi connectivity index (χ3v) is 7.21. The number of benzene rings is 1. The number of sulfone groups is 1. The molecule has 0 spiro atoms. The van der Waals surface area contributed by atoms with Crippen molar-refractivity contribution in [3.63, 3.8) is 0 Å². The Bertz CT molecular complexity index is 786. The van der Waals surface area contributed by atoms with E-state index in [1.165, 1.54) is 0 Å². The predicted molar refractivity (Wildman–Crippen MR) is 125 cm³/mol. The predicted octanol–water partition coefficient (Wildman–Crippen LogP) is 2.31. The van der Waals surface area contributed by atoms with Crippen molar-refractivity contribution in [2.75, 3.05) is 30.8 Å². The summed E-state index contributed by atoms with van der Waals surface area (Å²) in [6, 6.07) is 7.86. The molecule has 0 saturated carbocycles. The van der Waals surface area contributed by atoms with Crippen LogP contribution in [0.4, 0.5) is 5.69 Å². The third-order valence-electron chi connectivity index (χ3n) is 4.60. The molecule has 0 unspecified atom stereocenters. The van der Waals surface area contributed by atoms with Crippen molar-refractivity contribution < 1.29 is 13.2 Å². The molecular weight excluding hydrogens is 491 g/mol. The molecule has 1 heterocycles. The van der Waals surface area contributed by atoms with Crippen LogP contribution >= 0.6 is 24.0 Å². The number of rotatable bonds is 6. The lowest BCUT2D eigenvalue weighted by molar-refractivity contribution is -0.117. The highest BCUT2D eigenvalue weighted by Gasteiger charge is 2.28. The summed E-state index contributed by atoms with van der Waals surface area (Å²) in [6.07, 6.45) is 1.53. The maximum absolute atomic E-state index is 12.1. The lowest BCUT2D eigenvalue weighted by atomic mass is 10.2. The summed E-state index contributed by atoms with van der Waals surface area (Å²) >= 11 is 0. The second kappa shape index (κ2) is 10.4. The maximum atomic E-state index is 12.1. The molecule has 158 valence electrons. The minimum atomic E-state index is -3.16. The smallest absolute Gasteiger partial charge is 0.227 e. The van der Waals surface area contributed by atoms with E-state index in [2.05, 4.69) is 15.6 Å². The van der Waals surface area contributed by atoms with Crippen molar-refractivity contribution >= 4 is 51.4 Å². The molecule has 0 aliphatic carbocycles. The quantitative estimate of drug-likeness (QED) is 0.340. The van der Waals surface area contributed by atoms with Crippen LogP contribution in [0.25, 0.3) is 0 Å². The number of amides is 1. The van der Waals surface area contributed by atoms with Gasteiger partial charge >= 0.3 is 0 Å². The van der Waals surface area contributed by atoms with Gasteiger partial charge in [0.1, 0.15) is 0 Å². The van der Waals surface area contributed by atoms with Gasteiger partial charge in [-0.1, -0.05) is 12.1 Å². The summed E-state index contributed by atoms with van der Waals surface area (Å²) in [7, 11) is -1.52. The van der Waals surface area contributed by atoms with E-state index in [-0.39, 0.29) is 35.6 Å². The van der Waals surface area contributed by atoms with E-state index < -0.39 is 14.6 Å². The Kier molecular flexibility index (Phi) is 9.19. The Morgan fingerprint density at radius 2 is 1.82 bits per heavy atom. The van der Waals surface area contributed by atoms with Crippen LogP contribution in [0.15, 0.2) is 29.3 Å². The number of anilines is 1. The van der Waals surface area contributed by atoms with Gasteiger partial charge in [-0.05, 0) is 44.9 Å². The topological polar surface area (TPSA) is 90.9 Å². The molecule has 1 aromatic carbocycles. The van der Waals surface area contributed by atoms with E-state index in [9.17, 15) is 13.2 Å². The van der Waals surface area contributed by atoms with Crippen LogP contribution in [0, 0.1) is 0 Å². The highest BCUT2D eigenvalue weighted by atomic mass is 127. The number of hydrogen-bond acceptors (Lipinski definition) is 4. The van der Waals surface area contributed by atoms with Crippen molar-refractivity contribution in [3.8, 4) is 0 Å². The van der Waals surface area contributed by atoms with Gasteiger partial charge in [0.25, 0.3) is 0 Å². The number of halogens is 1. The number of nitrogens with zero attached hydrogens (tertiary/aromatic N) is 2. The van der Waals surface area contributed by atoms with Crippen LogP contribution in [-0.2, 0) is 21.2 Å². The zero-order valence-electron chi connectivity index (χ0n) is 17.0. The Hall–Kier alpha value is -1.36. The zero-order chi connectivity index (χ0) is 20.1. The Labute approximate surface area is 185 Å². The monoisotopic (exact) mass is 522 g/mol. The van der Waals surface area contributed by atoms with Crippen LogP contribution < -0.4 is 15.5 Å². The van der Waals surface area contributed by atoms with Crippen molar-refractivity contribution in [1.82, 2.24) is 10.6 Å². The highest BCUT2D eigenvalue weighted by molar-refractivity contribution is 14.0. The molecule has 1 aliphatic heterocycles. The van der Waals surface area contributed by atoms with E-state index in [0.717, 1.165) is 24.2 Å². The summed E-state index contributed by atoms with van der Waals surface area (Å²) in [5, 5.41) is 6.21. The summed E-state index contributed by atoms with van der Waals surface area (Å²) in [5.41, 5.74) is 1.98. The number of carbonyl (C=O) groups is 1. The lowest BCUT2D eigenvalue weighted by Gasteiger charge is -2.20. The number of aliphatic imine (C=N–C) groups is 1. The maximum Gasteiger partial charge on any atom is 0.227 e. The largest absolute Gasteiger partial charge is 0.355 e. The van der Waals surface area contributed by atoms with Gasteiger partial charge in [-0.25, -0.2) is 8.42 Å². The SMILES string of the molecule is CN=C(NCCS(=O)(=O)C(C)(C)C)NCc1ccc(N2CCCC2=O)cc1.I. The number of carbonyl (C=O) groups excluding carboxylic acids is 1. The number of guanidine groups is 1. The van der Waals surface area contributed by atoms with Gasteiger partial charge in [0, 0.05) is 38.8 Å². The van der Waals surface area contributed by atoms with Gasteiger partial charge < -0.3 is 15.5 Å². The van der Waals surface area contributed by atoms with E-state index in [4.69, 9.17) is 0 Å². The molecule has 28 heavy (non-hydrogen) atoms. The van der Waals surface area contributed by atoms with Crippen LogP contribution in [0.1, 0.15) is 39.2 Å². The zero-order valence-corrected chi connectivity index (χ0v) is 20.1. The van der Waals surface area contributed by atoms with Gasteiger partial charge in [0.2, 0.25) is 5.91 Å². The summed E-state index contributed by atoms with van der Waals surface area (Å²) in [6.45, 7) is 6.75. The van der Waals surface area contributed by atoms with E-state index >= 15 is 0 Å². The molecule has 1 saturated heterocycles. The van der Waals surface area contributed by atoms with Crippen LogP contribution in [0.2, 0.25) is 0 Å². The summed E-state index contributed by atoms with van der Waals surface area (Å²) in [5.74, 6) is 0.782. The van der Waals surface area contributed by atoms with Crippen LogP contribution in [0.5, 0.6) is 0 Å². The number of hydrogen-bond donors (Lipinski definition) is 2. The van der Waals surface area contributed by atoms with Crippen molar-refractivity contribution in [3.05, 3.63) is 29.8 Å². The molecule has 7 nitrogen and oxygen atoms in total. The van der Waals surface area contributed by atoms with Gasteiger partial charge in [0.05, 0.1) is 10.5 Å². The first-order valence-corrected chi connectivity index (χ1v) is 10.9. The van der Waals surface area contributed by atoms with E-state index in [1.54, 1.807) is 27.8 Å². The van der Waals surface area contributed by atoms with E-state index in [0.29, 0.717) is 25.5 Å². The molecule has 1 amide bonds. The van der Waals surface area contributed by atoms with Gasteiger partial charge in [-0.3, -0.25) is 9.79 Å². The van der Waals surface area contributed by atoms with Gasteiger partial charge in [0.15, 0.2) is 15.8 Å². The molecule has 1 fully saturated rings. The fourth-order valence-electron chi connectivity index (χ4n) is 2.73. The molecule has 1 aliphatic rings. The molecule has 1 aromatic rings. The Balaban J connectivity index is 0.00000392. The minimum absolute atomic E-state index is 0. The summed E-state index contributed by atoms with van der Waals surface area (Å²) in [4.78, 5) is 17.7. The van der Waals surface area contributed by atoms with E-state index in [1.807, 2.05) is 29.2 Å². The van der Waals surface area contributed by atoms with Gasteiger partial charge in [-0.15, -0.1) is 24.0 Å². The first-order chi connectivity index (χ1) is 12.6. The minimum Gasteiger partial charge on any atom is -0.355 e. The number of nitrogens with one attached hydrogen (secondary N) is 2. The second-order valence-corrected chi connectivity index (χ2v) is 10.5. The Morgan fingerprint density at radius 1 is 1.18 bits per heavy atom. The van der Waals surface area contributed by atoms with Crippen LogP contribution in [-0.4, -0.2) is 50.9 Å². The van der Waals surface area contributed by atoms with Crippen molar-refractivity contribution in [2.24, 2.45) is 4.99 Å². The molecule has 0 atom stereocenters. The molecule has 2 rings (SSSR count). The lowest BCUT2D eigenvalue weighted by Crippen LogP contribution is -2.41. The highest BCUT2D eigenvalue weighted by Crippen LogP contribution is 2.21. The molecule has 0 bridgehead atoms.